The van der Waals surface area contributed by atoms with Crippen molar-refractivity contribution in [3.05, 3.63) is 22.7 Å². The number of benzene rings is 1. The molecule has 1 aromatic carbocycles. The number of methoxy groups -OCH3 is 2. The number of amides is 1. The Morgan fingerprint density at radius 3 is 2.45 bits per heavy atom. The number of carbonyl (C=O) groups is 2. The van der Waals surface area contributed by atoms with Gasteiger partial charge in [0.25, 0.3) is 0 Å². The van der Waals surface area contributed by atoms with Crippen LogP contribution in [0.5, 0.6) is 11.5 Å². The molecule has 0 saturated heterocycles. The van der Waals surface area contributed by atoms with Gasteiger partial charge in [-0.15, -0.1) is 0 Å². The second kappa shape index (κ2) is 7.00. The molecule has 0 bridgehead atoms. The average molecular weight is 302 g/mol. The summed E-state index contributed by atoms with van der Waals surface area (Å²) in [6.07, 6.45) is 0.0497. The maximum absolute atomic E-state index is 11.1. The van der Waals surface area contributed by atoms with Crippen molar-refractivity contribution < 1.29 is 24.2 Å². The topological polar surface area (TPSA) is 84.9 Å². The van der Waals surface area contributed by atoms with Gasteiger partial charge in [0.1, 0.15) is 6.04 Å². The third-order valence-corrected chi connectivity index (χ3v) is 3.08. The van der Waals surface area contributed by atoms with Crippen LogP contribution in [0.2, 0.25) is 5.02 Å². The quantitative estimate of drug-likeness (QED) is 0.831. The molecule has 0 spiro atoms. The molecule has 2 N–H and O–H groups in total. The third-order valence-electron chi connectivity index (χ3n) is 2.66. The number of aliphatic carboxylic acids is 1. The first-order valence-electron chi connectivity index (χ1n) is 5.80. The van der Waals surface area contributed by atoms with E-state index in [9.17, 15) is 9.59 Å². The number of carbonyl (C=O) groups excluding carboxylic acids is 1. The molecule has 1 atom stereocenters. The normalized spacial score (nSPS) is 11.6. The molecule has 1 unspecified atom stereocenters. The molecule has 6 nitrogen and oxygen atoms in total. The van der Waals surface area contributed by atoms with Crippen LogP contribution in [-0.2, 0) is 16.0 Å². The molecule has 0 radical (unpaired) electrons. The number of carboxylic acid groups (broad SMARTS) is 1. The van der Waals surface area contributed by atoms with Gasteiger partial charge in [0.05, 0.1) is 19.2 Å². The molecule has 0 aromatic heterocycles. The zero-order valence-electron chi connectivity index (χ0n) is 11.4. The summed E-state index contributed by atoms with van der Waals surface area (Å²) in [6, 6.07) is 2.22. The van der Waals surface area contributed by atoms with Crippen molar-refractivity contribution >= 4 is 23.5 Å². The Morgan fingerprint density at radius 1 is 1.35 bits per heavy atom. The highest BCUT2D eigenvalue weighted by Gasteiger charge is 2.22. The highest BCUT2D eigenvalue weighted by atomic mass is 35.5. The predicted molar refractivity (Wildman–Crippen MR) is 73.5 cm³/mol. The van der Waals surface area contributed by atoms with Gasteiger partial charge in [0.2, 0.25) is 5.91 Å². The van der Waals surface area contributed by atoms with Gasteiger partial charge in [-0.05, 0) is 11.6 Å². The van der Waals surface area contributed by atoms with Gasteiger partial charge in [-0.3, -0.25) is 4.79 Å². The van der Waals surface area contributed by atoms with Crippen LogP contribution in [0.3, 0.4) is 0 Å². The number of nitrogens with one attached hydrogen (secondary N) is 1. The summed E-state index contributed by atoms with van der Waals surface area (Å²) in [5.74, 6) is -0.772. The van der Waals surface area contributed by atoms with E-state index in [4.69, 9.17) is 26.2 Å². The monoisotopic (exact) mass is 301 g/mol. The van der Waals surface area contributed by atoms with Crippen LogP contribution >= 0.6 is 11.6 Å². The molecular weight excluding hydrogens is 286 g/mol. The van der Waals surface area contributed by atoms with Crippen LogP contribution in [-0.4, -0.2) is 37.2 Å². The first-order chi connectivity index (χ1) is 9.40. The van der Waals surface area contributed by atoms with Crippen molar-refractivity contribution in [2.75, 3.05) is 14.2 Å². The zero-order chi connectivity index (χ0) is 15.3. The van der Waals surface area contributed by atoms with Crippen LogP contribution in [0.15, 0.2) is 12.1 Å². The lowest BCUT2D eigenvalue weighted by Gasteiger charge is -2.16. The van der Waals surface area contributed by atoms with Gasteiger partial charge in [0, 0.05) is 13.3 Å². The van der Waals surface area contributed by atoms with E-state index < -0.39 is 17.9 Å². The van der Waals surface area contributed by atoms with Crippen LogP contribution in [0.1, 0.15) is 12.5 Å². The fraction of sp³-hybridized carbons (Fsp3) is 0.385. The summed E-state index contributed by atoms with van der Waals surface area (Å²) in [5.41, 5.74) is 0.547. The first kappa shape index (κ1) is 16.1. The Kier molecular flexibility index (Phi) is 5.64. The van der Waals surface area contributed by atoms with Gasteiger partial charge in [-0.2, -0.15) is 0 Å². The highest BCUT2D eigenvalue weighted by Crippen LogP contribution is 2.37. The van der Waals surface area contributed by atoms with E-state index >= 15 is 0 Å². The second-order valence-electron chi connectivity index (χ2n) is 4.07. The number of hydrogen-bond acceptors (Lipinski definition) is 4. The number of carboxylic acids is 1. The van der Waals surface area contributed by atoms with Crippen molar-refractivity contribution in [2.45, 2.75) is 19.4 Å². The molecule has 20 heavy (non-hydrogen) atoms. The van der Waals surface area contributed by atoms with Crippen molar-refractivity contribution in [1.29, 1.82) is 0 Å². The van der Waals surface area contributed by atoms with Crippen LogP contribution in [0, 0.1) is 0 Å². The summed E-state index contributed by atoms with van der Waals surface area (Å²) in [4.78, 5) is 22.1. The summed E-state index contributed by atoms with van der Waals surface area (Å²) in [6.45, 7) is 1.26. The van der Waals surface area contributed by atoms with Gasteiger partial charge >= 0.3 is 5.97 Å². The molecule has 110 valence electrons. The Labute approximate surface area is 121 Å². The average Bonchev–Trinajstić information content (AvgIpc) is 2.39. The van der Waals surface area contributed by atoms with Crippen molar-refractivity contribution in [1.82, 2.24) is 5.32 Å². The zero-order valence-corrected chi connectivity index (χ0v) is 12.2. The van der Waals surface area contributed by atoms with Gasteiger partial charge in [-0.1, -0.05) is 17.7 Å². The van der Waals surface area contributed by atoms with Gasteiger partial charge in [-0.25, -0.2) is 4.79 Å². The fourth-order valence-corrected chi connectivity index (χ4v) is 2.06. The molecule has 0 aliphatic carbocycles. The van der Waals surface area contributed by atoms with Crippen LogP contribution < -0.4 is 14.8 Å². The maximum atomic E-state index is 11.1. The fourth-order valence-electron chi connectivity index (χ4n) is 1.75. The SMILES string of the molecule is COc1ccc(CC(NC(C)=O)C(=O)O)c(Cl)c1OC. The lowest BCUT2D eigenvalue weighted by molar-refractivity contribution is -0.141. The molecular formula is C13H16ClNO5. The molecule has 1 aromatic rings. The summed E-state index contributed by atoms with van der Waals surface area (Å²) < 4.78 is 10.2. The maximum Gasteiger partial charge on any atom is 0.326 e. The summed E-state index contributed by atoms with van der Waals surface area (Å²) in [5, 5.41) is 11.7. The smallest absolute Gasteiger partial charge is 0.326 e. The highest BCUT2D eigenvalue weighted by molar-refractivity contribution is 6.33. The van der Waals surface area contributed by atoms with E-state index in [-0.39, 0.29) is 11.4 Å². The molecule has 1 amide bonds. The minimum absolute atomic E-state index is 0.0497. The Hall–Kier alpha value is -1.95. The van der Waals surface area contributed by atoms with E-state index in [1.54, 1.807) is 12.1 Å². The first-order valence-corrected chi connectivity index (χ1v) is 6.17. The van der Waals surface area contributed by atoms with Crippen LogP contribution in [0.4, 0.5) is 0 Å². The van der Waals surface area contributed by atoms with E-state index in [2.05, 4.69) is 5.32 Å². The Bertz CT molecular complexity index is 518. The molecule has 1 rings (SSSR count). The summed E-state index contributed by atoms with van der Waals surface area (Å²) in [7, 11) is 2.92. The number of rotatable bonds is 6. The third kappa shape index (κ3) is 3.77. The molecule has 0 aliphatic heterocycles. The molecule has 0 aliphatic rings. The Balaban J connectivity index is 3.07. The molecule has 7 heteroatoms. The minimum atomic E-state index is -1.13. The number of hydrogen-bond donors (Lipinski definition) is 2. The van der Waals surface area contributed by atoms with E-state index in [1.165, 1.54) is 21.1 Å². The molecule has 0 saturated carbocycles. The standard InChI is InChI=1S/C13H16ClNO5/c1-7(16)15-9(13(17)18)6-8-4-5-10(19-2)12(20-3)11(8)14/h4-5,9H,6H2,1-3H3,(H,15,16)(H,17,18). The van der Waals surface area contributed by atoms with Gasteiger partial charge < -0.3 is 19.9 Å². The summed E-state index contributed by atoms with van der Waals surface area (Å²) >= 11 is 6.17. The number of ether oxygens (including phenoxy) is 2. The minimum Gasteiger partial charge on any atom is -0.493 e. The van der Waals surface area contributed by atoms with Crippen molar-refractivity contribution in [3.63, 3.8) is 0 Å². The molecule has 0 fully saturated rings. The second-order valence-corrected chi connectivity index (χ2v) is 4.45. The molecule has 0 heterocycles. The largest absolute Gasteiger partial charge is 0.493 e. The Morgan fingerprint density at radius 2 is 2.00 bits per heavy atom. The van der Waals surface area contributed by atoms with Crippen molar-refractivity contribution in [2.24, 2.45) is 0 Å². The van der Waals surface area contributed by atoms with Crippen molar-refractivity contribution in [3.8, 4) is 11.5 Å². The predicted octanol–water partition coefficient (Wildman–Crippen LogP) is 1.49. The lowest BCUT2D eigenvalue weighted by Crippen LogP contribution is -2.41. The lowest BCUT2D eigenvalue weighted by atomic mass is 10.0. The van der Waals surface area contributed by atoms with Gasteiger partial charge in [0.15, 0.2) is 11.5 Å². The van der Waals surface area contributed by atoms with Crippen LogP contribution in [0.25, 0.3) is 0 Å². The van der Waals surface area contributed by atoms with E-state index in [1.807, 2.05) is 0 Å². The van der Waals surface area contributed by atoms with E-state index in [0.717, 1.165) is 0 Å². The van der Waals surface area contributed by atoms with E-state index in [0.29, 0.717) is 17.1 Å². The number of halogens is 1.